The van der Waals surface area contributed by atoms with Crippen LogP contribution in [0.15, 0.2) is 48.8 Å². The zero-order valence-corrected chi connectivity index (χ0v) is 21.5. The Morgan fingerprint density at radius 1 is 1.11 bits per heavy atom. The molecule has 202 valence electrons. The van der Waals surface area contributed by atoms with Gasteiger partial charge in [-0.05, 0) is 42.7 Å². The topological polar surface area (TPSA) is 109 Å². The van der Waals surface area contributed by atoms with E-state index >= 15 is 0 Å². The lowest BCUT2D eigenvalue weighted by atomic mass is 9.87. The maximum absolute atomic E-state index is 13.8. The predicted molar refractivity (Wildman–Crippen MR) is 136 cm³/mol. The number of methoxy groups -OCH3 is 1. The molecule has 2 fully saturated rings. The molecule has 2 aromatic rings. The van der Waals surface area contributed by atoms with Gasteiger partial charge in [-0.15, -0.1) is 0 Å². The van der Waals surface area contributed by atoms with Crippen LogP contribution in [0.4, 0.5) is 4.39 Å². The van der Waals surface area contributed by atoms with Gasteiger partial charge in [-0.3, -0.25) is 19.4 Å². The molecule has 9 nitrogen and oxygen atoms in total. The number of halogens is 1. The number of nitrogens with one attached hydrogen (secondary N) is 1. The van der Waals surface area contributed by atoms with E-state index in [0.29, 0.717) is 0 Å². The van der Waals surface area contributed by atoms with Crippen molar-refractivity contribution >= 4 is 23.7 Å². The number of piperazine rings is 1. The number of carbonyl (C=O) groups excluding carboxylic acids is 4. The third kappa shape index (κ3) is 6.54. The molecule has 1 saturated carbocycles. The Hall–Kier alpha value is -3.82. The highest BCUT2D eigenvalue weighted by atomic mass is 19.1. The van der Waals surface area contributed by atoms with Crippen LogP contribution in [-0.4, -0.2) is 77.3 Å². The van der Waals surface area contributed by atoms with E-state index in [-0.39, 0.29) is 43.4 Å². The van der Waals surface area contributed by atoms with Crippen LogP contribution in [0.5, 0.6) is 0 Å². The molecule has 1 aromatic carbocycles. The first-order valence-electron chi connectivity index (χ1n) is 13.0. The van der Waals surface area contributed by atoms with Crippen molar-refractivity contribution in [2.45, 2.75) is 50.6 Å². The summed E-state index contributed by atoms with van der Waals surface area (Å²) in [5.74, 6) is -2.42. The Labute approximate surface area is 221 Å². The molecule has 4 rings (SSSR count). The highest BCUT2D eigenvalue weighted by Crippen LogP contribution is 2.27. The molecule has 10 heteroatoms. The zero-order valence-electron chi connectivity index (χ0n) is 21.5. The highest BCUT2D eigenvalue weighted by molar-refractivity contribution is 5.96. The average Bonchev–Trinajstić information content (AvgIpc) is 2.96. The van der Waals surface area contributed by atoms with E-state index < -0.39 is 35.7 Å². The maximum Gasteiger partial charge on any atom is 0.328 e. The Morgan fingerprint density at radius 3 is 2.58 bits per heavy atom. The van der Waals surface area contributed by atoms with Gasteiger partial charge in [-0.25, -0.2) is 9.18 Å². The molecule has 2 aliphatic rings. The third-order valence-electron chi connectivity index (χ3n) is 7.24. The van der Waals surface area contributed by atoms with Gasteiger partial charge in [0.15, 0.2) is 0 Å². The van der Waals surface area contributed by atoms with Gasteiger partial charge in [0.25, 0.3) is 5.91 Å². The first-order chi connectivity index (χ1) is 18.4. The Morgan fingerprint density at radius 2 is 1.89 bits per heavy atom. The van der Waals surface area contributed by atoms with E-state index in [1.807, 2.05) is 0 Å². The number of aromatic nitrogens is 1. The van der Waals surface area contributed by atoms with Crippen molar-refractivity contribution < 1.29 is 28.3 Å². The van der Waals surface area contributed by atoms with Crippen LogP contribution < -0.4 is 5.32 Å². The summed E-state index contributed by atoms with van der Waals surface area (Å²) >= 11 is 0. The van der Waals surface area contributed by atoms with Crippen molar-refractivity contribution in [1.82, 2.24) is 20.1 Å². The first-order valence-corrected chi connectivity index (χ1v) is 13.0. The summed E-state index contributed by atoms with van der Waals surface area (Å²) in [6.07, 6.45) is 7.89. The van der Waals surface area contributed by atoms with Crippen molar-refractivity contribution in [3.63, 3.8) is 0 Å². The predicted octanol–water partition coefficient (Wildman–Crippen LogP) is 2.35. The largest absolute Gasteiger partial charge is 0.467 e. The number of benzene rings is 1. The Kier molecular flexibility index (Phi) is 9.04. The molecule has 1 saturated heterocycles. The first kappa shape index (κ1) is 27.2. The standard InChI is InChI=1S/C28H33FN4O5/c1-38-28(37)23(15-19-7-6-12-30-17-19)31-25(34)24-18-32(26(35)21-10-5-11-22(29)16-21)13-14-33(24)27(36)20-8-3-2-4-9-20/h5-7,10-12,16-17,20,23-24H,2-4,8-9,13-15,18H2,1H3,(H,31,34)/t23-,24-/m1/s1. The normalized spacial score (nSPS) is 18.9. The fourth-order valence-corrected chi connectivity index (χ4v) is 5.20. The van der Waals surface area contributed by atoms with Gasteiger partial charge in [0.2, 0.25) is 11.8 Å². The highest BCUT2D eigenvalue weighted by Gasteiger charge is 2.40. The lowest BCUT2D eigenvalue weighted by molar-refractivity contribution is -0.150. The zero-order chi connectivity index (χ0) is 27.1. The van der Waals surface area contributed by atoms with Gasteiger partial charge >= 0.3 is 5.97 Å². The van der Waals surface area contributed by atoms with Crippen LogP contribution in [-0.2, 0) is 25.5 Å². The number of ether oxygens (including phenoxy) is 1. The molecular weight excluding hydrogens is 491 g/mol. The fraction of sp³-hybridized carbons (Fsp3) is 0.464. The lowest BCUT2D eigenvalue weighted by Gasteiger charge is -2.42. The molecule has 0 spiro atoms. The van der Waals surface area contributed by atoms with Crippen molar-refractivity contribution in [2.24, 2.45) is 5.92 Å². The molecular formula is C28H33FN4O5. The molecule has 38 heavy (non-hydrogen) atoms. The second-order valence-corrected chi connectivity index (χ2v) is 9.79. The molecule has 1 N–H and O–H groups in total. The van der Waals surface area contributed by atoms with Crippen LogP contribution in [0.2, 0.25) is 0 Å². The monoisotopic (exact) mass is 524 g/mol. The SMILES string of the molecule is COC(=O)[C@@H](Cc1cccnc1)NC(=O)[C@H]1CN(C(=O)c2cccc(F)c2)CCN1C(=O)C1CCCCC1. The summed E-state index contributed by atoms with van der Waals surface area (Å²) in [6.45, 7) is 0.314. The second kappa shape index (κ2) is 12.6. The fourth-order valence-electron chi connectivity index (χ4n) is 5.20. The maximum atomic E-state index is 13.8. The minimum Gasteiger partial charge on any atom is -0.467 e. The molecule has 0 unspecified atom stereocenters. The molecule has 2 heterocycles. The molecule has 3 amide bonds. The van der Waals surface area contributed by atoms with Gasteiger partial charge in [0, 0.05) is 43.4 Å². The van der Waals surface area contributed by atoms with Crippen molar-refractivity contribution in [3.8, 4) is 0 Å². The van der Waals surface area contributed by atoms with E-state index in [1.54, 1.807) is 29.4 Å². The Bertz CT molecular complexity index is 1150. The molecule has 1 aromatic heterocycles. The van der Waals surface area contributed by atoms with Crippen LogP contribution in [0.3, 0.4) is 0 Å². The van der Waals surface area contributed by atoms with E-state index in [1.165, 1.54) is 30.2 Å². The van der Waals surface area contributed by atoms with Gasteiger partial charge in [0.05, 0.1) is 13.7 Å². The van der Waals surface area contributed by atoms with E-state index in [2.05, 4.69) is 10.3 Å². The number of hydrogen-bond donors (Lipinski definition) is 1. The summed E-state index contributed by atoms with van der Waals surface area (Å²) in [5, 5.41) is 2.75. The van der Waals surface area contributed by atoms with Crippen LogP contribution in [0.1, 0.15) is 48.0 Å². The summed E-state index contributed by atoms with van der Waals surface area (Å²) in [7, 11) is 1.24. The van der Waals surface area contributed by atoms with Gasteiger partial charge < -0.3 is 19.9 Å². The van der Waals surface area contributed by atoms with Crippen molar-refractivity contribution in [3.05, 3.63) is 65.7 Å². The number of carbonyl (C=O) groups is 4. The van der Waals surface area contributed by atoms with Crippen LogP contribution in [0.25, 0.3) is 0 Å². The van der Waals surface area contributed by atoms with Crippen molar-refractivity contribution in [2.75, 3.05) is 26.7 Å². The third-order valence-corrected chi connectivity index (χ3v) is 7.24. The van der Waals surface area contributed by atoms with Gasteiger partial charge in [0.1, 0.15) is 17.9 Å². The van der Waals surface area contributed by atoms with E-state index in [9.17, 15) is 23.6 Å². The number of hydrogen-bond acceptors (Lipinski definition) is 6. The molecule has 1 aliphatic carbocycles. The summed E-state index contributed by atoms with van der Waals surface area (Å²) in [5.41, 5.74) is 0.894. The number of amides is 3. The Balaban J connectivity index is 1.56. The summed E-state index contributed by atoms with van der Waals surface area (Å²) in [4.78, 5) is 59.9. The minimum atomic E-state index is -1.00. The molecule has 0 bridgehead atoms. The van der Waals surface area contributed by atoms with E-state index in [4.69, 9.17) is 4.74 Å². The van der Waals surface area contributed by atoms with E-state index in [0.717, 1.165) is 43.7 Å². The summed E-state index contributed by atoms with van der Waals surface area (Å²) in [6, 6.07) is 6.88. The van der Waals surface area contributed by atoms with Crippen LogP contribution in [0, 0.1) is 11.7 Å². The van der Waals surface area contributed by atoms with Crippen LogP contribution >= 0.6 is 0 Å². The smallest absolute Gasteiger partial charge is 0.328 e. The average molecular weight is 525 g/mol. The molecule has 1 aliphatic heterocycles. The number of pyridine rings is 1. The lowest BCUT2D eigenvalue weighted by Crippen LogP contribution is -2.63. The number of rotatable bonds is 7. The number of esters is 1. The second-order valence-electron chi connectivity index (χ2n) is 9.79. The minimum absolute atomic E-state index is 0.0690. The number of nitrogens with zero attached hydrogens (tertiary/aromatic N) is 3. The molecule has 0 radical (unpaired) electrons. The quantitative estimate of drug-likeness (QED) is 0.557. The van der Waals surface area contributed by atoms with Crippen molar-refractivity contribution in [1.29, 1.82) is 0 Å². The molecule has 2 atom stereocenters. The van der Waals surface area contributed by atoms with Gasteiger partial charge in [-0.1, -0.05) is 31.4 Å². The van der Waals surface area contributed by atoms with Gasteiger partial charge in [-0.2, -0.15) is 0 Å². The summed E-state index contributed by atoms with van der Waals surface area (Å²) < 4.78 is 18.7.